The van der Waals surface area contributed by atoms with E-state index in [2.05, 4.69) is 31.3 Å². The zero-order valence-corrected chi connectivity index (χ0v) is 38.2. The third-order valence-corrected chi connectivity index (χ3v) is 7.18. The number of aliphatic imine (C=N–C) groups is 2. The van der Waals surface area contributed by atoms with Gasteiger partial charge >= 0.3 is 24.4 Å². The molecule has 60 heavy (non-hydrogen) atoms. The molecule has 2 aromatic carbocycles. The average Bonchev–Trinajstić information content (AvgIpc) is 3.02. The minimum Gasteiger partial charge on any atom is -0.491 e. The van der Waals surface area contributed by atoms with E-state index in [9.17, 15) is 19.2 Å². The predicted octanol–water partition coefficient (Wildman–Crippen LogP) is 8.60. The first kappa shape index (κ1) is 50.6. The summed E-state index contributed by atoms with van der Waals surface area (Å²) in [6.07, 6.45) is -1.55. The van der Waals surface area contributed by atoms with Crippen LogP contribution in [-0.2, 0) is 31.8 Å². The molecule has 4 N–H and O–H groups in total. The van der Waals surface area contributed by atoms with E-state index >= 15 is 0 Å². The lowest BCUT2D eigenvalue weighted by molar-refractivity contribution is 0.0521. The van der Waals surface area contributed by atoms with Gasteiger partial charge in [0.15, 0.2) is 0 Å². The van der Waals surface area contributed by atoms with Gasteiger partial charge in [0.25, 0.3) is 0 Å². The fourth-order valence-corrected chi connectivity index (χ4v) is 5.20. The van der Waals surface area contributed by atoms with Crippen molar-refractivity contribution in [3.05, 3.63) is 59.7 Å². The van der Waals surface area contributed by atoms with Crippen LogP contribution in [0.3, 0.4) is 0 Å². The molecule has 4 amide bonds. The summed E-state index contributed by atoms with van der Waals surface area (Å²) in [7, 11) is 0. The van der Waals surface area contributed by atoms with Gasteiger partial charge in [0.1, 0.15) is 39.5 Å². The molecule has 2 rings (SSSR count). The number of rotatable bonds is 12. The van der Waals surface area contributed by atoms with Crippen LogP contribution >= 0.6 is 0 Å². The van der Waals surface area contributed by atoms with E-state index < -0.39 is 52.4 Å². The molecule has 0 fully saturated rings. The van der Waals surface area contributed by atoms with Crippen molar-refractivity contribution in [1.29, 1.82) is 0 Å². The van der Waals surface area contributed by atoms with Crippen LogP contribution in [0.1, 0.15) is 121 Å². The molecule has 16 heteroatoms. The molecule has 334 valence electrons. The number of hydrogen-bond acceptors (Lipinski definition) is 12. The zero-order valence-electron chi connectivity index (χ0n) is 38.2. The molecular weight excluding hydrogens is 773 g/mol. The maximum atomic E-state index is 12.4. The van der Waals surface area contributed by atoms with Crippen LogP contribution in [0.4, 0.5) is 19.2 Å². The first-order valence-corrected chi connectivity index (χ1v) is 20.1. The summed E-state index contributed by atoms with van der Waals surface area (Å²) in [5.41, 5.74) is -1.56. The van der Waals surface area contributed by atoms with Gasteiger partial charge in [0, 0.05) is 19.5 Å². The van der Waals surface area contributed by atoms with E-state index in [0.29, 0.717) is 30.8 Å². The van der Waals surface area contributed by atoms with Gasteiger partial charge in [-0.05, 0) is 152 Å². The Labute approximate surface area is 355 Å². The Morgan fingerprint density at radius 2 is 0.800 bits per heavy atom. The second-order valence-corrected chi connectivity index (χ2v) is 18.8. The number of nitrogens with one attached hydrogen (secondary N) is 4. The van der Waals surface area contributed by atoms with E-state index in [4.69, 9.17) is 28.4 Å². The second kappa shape index (κ2) is 21.6. The largest absolute Gasteiger partial charge is 0.491 e. The van der Waals surface area contributed by atoms with Gasteiger partial charge in [0.05, 0.1) is 6.10 Å². The number of amides is 4. The van der Waals surface area contributed by atoms with E-state index in [-0.39, 0.29) is 31.1 Å². The van der Waals surface area contributed by atoms with Gasteiger partial charge < -0.3 is 28.4 Å². The molecule has 1 atom stereocenters. The molecule has 0 bridgehead atoms. The number of benzene rings is 2. The van der Waals surface area contributed by atoms with Crippen molar-refractivity contribution in [3.63, 3.8) is 0 Å². The molecule has 16 nitrogen and oxygen atoms in total. The summed E-state index contributed by atoms with van der Waals surface area (Å²) in [6, 6.07) is 15.3. The molecule has 0 heterocycles. The summed E-state index contributed by atoms with van der Waals surface area (Å²) < 4.78 is 33.8. The number of hydrogen-bond donors (Lipinski definition) is 4. The van der Waals surface area contributed by atoms with Crippen LogP contribution in [0.25, 0.3) is 0 Å². The number of ether oxygens (including phenoxy) is 6. The van der Waals surface area contributed by atoms with Crippen LogP contribution in [0.15, 0.2) is 58.5 Å². The Morgan fingerprint density at radius 3 is 1.10 bits per heavy atom. The van der Waals surface area contributed by atoms with Crippen molar-refractivity contribution in [1.82, 2.24) is 21.3 Å². The smallest absolute Gasteiger partial charge is 0.414 e. The maximum Gasteiger partial charge on any atom is 0.414 e. The first-order chi connectivity index (χ1) is 27.4. The Hall–Kier alpha value is -5.54. The lowest BCUT2D eigenvalue weighted by Crippen LogP contribution is -2.47. The van der Waals surface area contributed by atoms with Gasteiger partial charge in [-0.15, -0.1) is 0 Å². The third-order valence-electron chi connectivity index (χ3n) is 7.18. The van der Waals surface area contributed by atoms with Crippen molar-refractivity contribution >= 4 is 36.3 Å². The summed E-state index contributed by atoms with van der Waals surface area (Å²) in [5.74, 6) is 1.24. The molecule has 2 aromatic rings. The van der Waals surface area contributed by atoms with E-state index in [0.717, 1.165) is 11.1 Å². The van der Waals surface area contributed by atoms with Gasteiger partial charge in [0.2, 0.25) is 11.9 Å². The Morgan fingerprint density at radius 1 is 0.500 bits per heavy atom. The van der Waals surface area contributed by atoms with Crippen LogP contribution in [0.5, 0.6) is 11.5 Å². The SMILES string of the molecule is CC(CC(C)(C)Oc1ccc(CCN=C(NC(=O)OC(C)(C)C)NC(=O)OC(C)(C)C)cc1)Oc1ccc(CCN=C(NC(=O)OC(C)(C)C)NC(=O)OC(C)(C)C)cc1. The lowest BCUT2D eigenvalue weighted by atomic mass is 10.0. The second-order valence-electron chi connectivity index (χ2n) is 18.8. The standard InChI is InChI=1S/C44H68N6O10/c1-29(55-32-20-16-30(17-21-32)24-26-45-34(47-36(51)57-40(2,3)4)48-37(52)58-41(5,6)7)28-44(14,15)56-33-22-18-31(19-23-33)25-27-46-35(49-38(53)59-42(8,9)10)50-39(54)60-43(11,12)13/h16-23,29H,24-28H2,1-15H3,(H2,45,47,48,51,52)(H2,46,49,50,53,54). The molecule has 0 aliphatic carbocycles. The van der Waals surface area contributed by atoms with Gasteiger partial charge in [-0.2, -0.15) is 0 Å². The van der Waals surface area contributed by atoms with E-state index in [1.54, 1.807) is 83.1 Å². The minimum absolute atomic E-state index is 0.0750. The van der Waals surface area contributed by atoms with E-state index in [1.807, 2.05) is 69.3 Å². The van der Waals surface area contributed by atoms with Crippen molar-refractivity contribution < 1.29 is 47.6 Å². The summed E-state index contributed by atoms with van der Waals surface area (Å²) in [5, 5.41) is 9.95. The highest BCUT2D eigenvalue weighted by Gasteiger charge is 2.26. The Bertz CT molecular complexity index is 1720. The summed E-state index contributed by atoms with van der Waals surface area (Å²) >= 11 is 0. The number of alkyl carbamates (subject to hydrolysis) is 4. The van der Waals surface area contributed by atoms with Gasteiger partial charge in [-0.25, -0.2) is 19.2 Å². The average molecular weight is 841 g/mol. The highest BCUT2D eigenvalue weighted by Crippen LogP contribution is 2.25. The first-order valence-electron chi connectivity index (χ1n) is 20.1. The fraction of sp³-hybridized carbons (Fsp3) is 0.591. The third kappa shape index (κ3) is 23.8. The zero-order chi connectivity index (χ0) is 45.5. The van der Waals surface area contributed by atoms with Crippen LogP contribution in [0, 0.1) is 0 Å². The predicted molar refractivity (Wildman–Crippen MR) is 232 cm³/mol. The fourth-order valence-electron chi connectivity index (χ4n) is 5.20. The van der Waals surface area contributed by atoms with Gasteiger partial charge in [-0.1, -0.05) is 24.3 Å². The topological polar surface area (TPSA) is 196 Å². The molecule has 0 saturated heterocycles. The molecule has 0 aliphatic rings. The number of carbonyl (C=O) groups is 4. The number of nitrogens with zero attached hydrogens (tertiary/aromatic N) is 2. The summed E-state index contributed by atoms with van der Waals surface area (Å²) in [6.45, 7) is 27.3. The van der Waals surface area contributed by atoms with Crippen LogP contribution in [0.2, 0.25) is 0 Å². The lowest BCUT2D eigenvalue weighted by Gasteiger charge is -2.29. The maximum absolute atomic E-state index is 12.4. The van der Waals surface area contributed by atoms with Gasteiger partial charge in [-0.3, -0.25) is 31.3 Å². The van der Waals surface area contributed by atoms with Crippen molar-refractivity contribution in [2.45, 2.75) is 157 Å². The molecule has 0 spiro atoms. The highest BCUT2D eigenvalue weighted by molar-refractivity contribution is 6.02. The van der Waals surface area contributed by atoms with E-state index in [1.165, 1.54) is 0 Å². The molecule has 0 saturated carbocycles. The number of carbonyl (C=O) groups excluding carboxylic acids is 4. The molecular formula is C44H68N6O10. The minimum atomic E-state index is -0.753. The highest BCUT2D eigenvalue weighted by atomic mass is 16.6. The van der Waals surface area contributed by atoms with Crippen LogP contribution < -0.4 is 30.7 Å². The van der Waals surface area contributed by atoms with Crippen molar-refractivity contribution in [3.8, 4) is 11.5 Å². The molecule has 0 radical (unpaired) electrons. The normalized spacial score (nSPS) is 12.4. The quantitative estimate of drug-likeness (QED) is 0.0913. The van der Waals surface area contributed by atoms with Crippen LogP contribution in [-0.4, -0.2) is 83.5 Å². The monoisotopic (exact) mass is 840 g/mol. The van der Waals surface area contributed by atoms with Crippen molar-refractivity contribution in [2.24, 2.45) is 9.98 Å². The molecule has 1 unspecified atom stereocenters. The Kier molecular flexibility index (Phi) is 18.2. The molecule has 0 aliphatic heterocycles. The number of guanidine groups is 2. The molecule has 0 aromatic heterocycles. The Balaban J connectivity index is 1.95. The van der Waals surface area contributed by atoms with Crippen molar-refractivity contribution in [2.75, 3.05) is 13.1 Å². The summed E-state index contributed by atoms with van der Waals surface area (Å²) in [4.78, 5) is 58.3.